The lowest BCUT2D eigenvalue weighted by atomic mass is 10.1. The Labute approximate surface area is 191 Å². The summed E-state index contributed by atoms with van der Waals surface area (Å²) in [6.45, 7) is 8.78. The van der Waals surface area contributed by atoms with Crippen LogP contribution in [0.25, 0.3) is 21.8 Å². The van der Waals surface area contributed by atoms with E-state index < -0.39 is 0 Å². The van der Waals surface area contributed by atoms with Crippen LogP contribution in [0.4, 0.5) is 0 Å². The molecule has 0 N–H and O–H groups in total. The zero-order valence-corrected chi connectivity index (χ0v) is 19.4. The summed E-state index contributed by atoms with van der Waals surface area (Å²) in [5.41, 5.74) is 1.92. The van der Waals surface area contributed by atoms with Gasteiger partial charge < -0.3 is 9.47 Å². The van der Waals surface area contributed by atoms with Crippen molar-refractivity contribution in [1.29, 1.82) is 0 Å². The Kier molecular flexibility index (Phi) is 6.47. The molecule has 2 atom stereocenters. The Morgan fingerprint density at radius 2 is 1.06 bits per heavy atom. The van der Waals surface area contributed by atoms with E-state index in [4.69, 9.17) is 14.5 Å². The van der Waals surface area contributed by atoms with E-state index in [0.717, 1.165) is 59.5 Å². The molecular weight excluding hydrogens is 398 g/mol. The molecule has 1 aromatic heterocycles. The minimum atomic E-state index is 0.0875. The van der Waals surface area contributed by atoms with Gasteiger partial charge in [0.05, 0.1) is 11.0 Å². The lowest BCUT2D eigenvalue weighted by Crippen LogP contribution is -2.40. The summed E-state index contributed by atoms with van der Waals surface area (Å²) in [4.78, 5) is 9.80. The first-order valence-corrected chi connectivity index (χ1v) is 12.3. The van der Waals surface area contributed by atoms with Crippen LogP contribution < -0.4 is 9.47 Å². The van der Waals surface area contributed by atoms with Gasteiger partial charge in [0.1, 0.15) is 24.0 Å². The van der Waals surface area contributed by atoms with Crippen LogP contribution in [0.1, 0.15) is 52.4 Å². The summed E-state index contributed by atoms with van der Waals surface area (Å²) in [7, 11) is 0. The van der Waals surface area contributed by atoms with Crippen LogP contribution in [0.3, 0.4) is 0 Å². The number of hydrogen-bond acceptors (Lipinski definition) is 5. The lowest BCUT2D eigenvalue weighted by molar-refractivity contribution is 0.0262. The van der Waals surface area contributed by atoms with Crippen LogP contribution in [0, 0.1) is 0 Å². The maximum Gasteiger partial charge on any atom is 0.149 e. The highest BCUT2D eigenvalue weighted by Gasteiger charge is 2.19. The predicted octanol–water partition coefficient (Wildman–Crippen LogP) is 5.81. The molecule has 3 heterocycles. The van der Waals surface area contributed by atoms with E-state index >= 15 is 0 Å². The Hall–Kier alpha value is -2.37. The number of rotatable bonds is 6. The van der Waals surface area contributed by atoms with Gasteiger partial charge in [-0.15, -0.1) is 0 Å². The molecule has 5 heteroatoms. The highest BCUT2D eigenvalue weighted by Crippen LogP contribution is 2.28. The van der Waals surface area contributed by atoms with Crippen molar-refractivity contribution in [2.75, 3.05) is 26.2 Å². The number of benzene rings is 2. The van der Waals surface area contributed by atoms with Crippen molar-refractivity contribution >= 4 is 21.8 Å². The molecule has 170 valence electrons. The molecule has 32 heavy (non-hydrogen) atoms. The van der Waals surface area contributed by atoms with Crippen molar-refractivity contribution in [3.63, 3.8) is 0 Å². The molecule has 0 aliphatic carbocycles. The third-order valence-electron chi connectivity index (χ3n) is 6.98. The standard InChI is InChI=1S/C27H35N3O2/c1-20(29-13-5-3-6-14-29)31-24-11-9-22-17-23-10-12-25(19-27(23)28-26(22)18-24)32-21(2)30-15-7-4-8-16-30/h9-12,17-21H,3-8,13-16H2,1-2H3. The summed E-state index contributed by atoms with van der Waals surface area (Å²) in [5, 5.41) is 2.26. The minimum absolute atomic E-state index is 0.0875. The fraction of sp³-hybridized carbons (Fsp3) is 0.519. The van der Waals surface area contributed by atoms with Gasteiger partial charge in [-0.25, -0.2) is 4.98 Å². The topological polar surface area (TPSA) is 37.8 Å². The van der Waals surface area contributed by atoms with E-state index in [2.05, 4.69) is 66.1 Å². The van der Waals surface area contributed by atoms with Crippen LogP contribution >= 0.6 is 0 Å². The summed E-state index contributed by atoms with van der Waals surface area (Å²) >= 11 is 0. The monoisotopic (exact) mass is 433 g/mol. The van der Waals surface area contributed by atoms with Gasteiger partial charge in [0, 0.05) is 49.1 Å². The average Bonchev–Trinajstić information content (AvgIpc) is 2.84. The second kappa shape index (κ2) is 9.63. The minimum Gasteiger partial charge on any atom is -0.475 e. The van der Waals surface area contributed by atoms with Crippen molar-refractivity contribution in [3.05, 3.63) is 42.5 Å². The number of hydrogen-bond donors (Lipinski definition) is 0. The maximum atomic E-state index is 6.27. The van der Waals surface area contributed by atoms with Crippen LogP contribution in [0.2, 0.25) is 0 Å². The molecule has 2 unspecified atom stereocenters. The second-order valence-corrected chi connectivity index (χ2v) is 9.32. The molecule has 0 amide bonds. The molecule has 0 bridgehead atoms. The highest BCUT2D eigenvalue weighted by molar-refractivity contribution is 5.93. The van der Waals surface area contributed by atoms with E-state index in [1.54, 1.807) is 0 Å². The van der Waals surface area contributed by atoms with Crippen molar-refractivity contribution < 1.29 is 9.47 Å². The van der Waals surface area contributed by atoms with E-state index in [9.17, 15) is 0 Å². The fourth-order valence-corrected chi connectivity index (χ4v) is 5.04. The van der Waals surface area contributed by atoms with Crippen LogP contribution in [-0.4, -0.2) is 53.4 Å². The Balaban J connectivity index is 1.34. The number of pyridine rings is 1. The number of nitrogens with zero attached hydrogens (tertiary/aromatic N) is 3. The SMILES string of the molecule is CC(Oc1ccc2cc3ccc(OC(C)N4CCCCC4)cc3nc2c1)N1CCCCC1. The van der Waals surface area contributed by atoms with E-state index in [0.29, 0.717) is 0 Å². The quantitative estimate of drug-likeness (QED) is 0.459. The predicted molar refractivity (Wildman–Crippen MR) is 130 cm³/mol. The zero-order chi connectivity index (χ0) is 21.9. The molecule has 5 rings (SSSR count). The zero-order valence-electron chi connectivity index (χ0n) is 19.4. The Morgan fingerprint density at radius 1 is 0.625 bits per heavy atom. The van der Waals surface area contributed by atoms with Crippen molar-refractivity contribution in [2.24, 2.45) is 0 Å². The van der Waals surface area contributed by atoms with Gasteiger partial charge in [0.2, 0.25) is 0 Å². The molecule has 2 aliphatic rings. The van der Waals surface area contributed by atoms with Gasteiger partial charge in [-0.2, -0.15) is 0 Å². The summed E-state index contributed by atoms with van der Waals surface area (Å²) in [5.74, 6) is 1.77. The Morgan fingerprint density at radius 3 is 1.50 bits per heavy atom. The number of fused-ring (bicyclic) bond motifs is 2. The van der Waals surface area contributed by atoms with Crippen LogP contribution in [-0.2, 0) is 0 Å². The third kappa shape index (κ3) is 4.84. The first-order valence-electron chi connectivity index (χ1n) is 12.3. The van der Waals surface area contributed by atoms with Gasteiger partial charge in [-0.3, -0.25) is 9.80 Å². The summed E-state index contributed by atoms with van der Waals surface area (Å²) in [6, 6.07) is 14.7. The first kappa shape index (κ1) is 21.5. The molecular formula is C27H35N3O2. The Bertz CT molecular complexity index is 976. The van der Waals surface area contributed by atoms with Crippen molar-refractivity contribution in [2.45, 2.75) is 64.8 Å². The average molecular weight is 434 g/mol. The molecule has 0 spiro atoms. The first-order chi connectivity index (χ1) is 15.7. The smallest absolute Gasteiger partial charge is 0.149 e. The van der Waals surface area contributed by atoms with Gasteiger partial charge in [-0.05, 0) is 69.9 Å². The molecule has 0 radical (unpaired) electrons. The van der Waals surface area contributed by atoms with Crippen LogP contribution in [0.15, 0.2) is 42.5 Å². The van der Waals surface area contributed by atoms with E-state index in [1.165, 1.54) is 38.5 Å². The van der Waals surface area contributed by atoms with E-state index in [-0.39, 0.29) is 12.5 Å². The fourth-order valence-electron chi connectivity index (χ4n) is 5.04. The van der Waals surface area contributed by atoms with E-state index in [1.807, 2.05) is 0 Å². The number of piperidine rings is 2. The third-order valence-corrected chi connectivity index (χ3v) is 6.98. The summed E-state index contributed by atoms with van der Waals surface area (Å²) < 4.78 is 12.5. The van der Waals surface area contributed by atoms with Gasteiger partial charge >= 0.3 is 0 Å². The molecule has 2 aromatic carbocycles. The van der Waals surface area contributed by atoms with Gasteiger partial charge in [0.15, 0.2) is 0 Å². The maximum absolute atomic E-state index is 6.27. The highest BCUT2D eigenvalue weighted by atomic mass is 16.5. The number of aromatic nitrogens is 1. The van der Waals surface area contributed by atoms with Crippen LogP contribution in [0.5, 0.6) is 11.5 Å². The largest absolute Gasteiger partial charge is 0.475 e. The normalized spacial score (nSPS) is 20.3. The molecule has 3 aromatic rings. The molecule has 2 aliphatic heterocycles. The summed E-state index contributed by atoms with van der Waals surface area (Å²) in [6.07, 6.45) is 7.89. The lowest BCUT2D eigenvalue weighted by Gasteiger charge is -2.32. The number of likely N-dealkylation sites (tertiary alicyclic amines) is 2. The molecule has 2 saturated heterocycles. The van der Waals surface area contributed by atoms with Crippen molar-refractivity contribution in [1.82, 2.24) is 14.8 Å². The molecule has 0 saturated carbocycles. The molecule has 5 nitrogen and oxygen atoms in total. The molecule has 2 fully saturated rings. The second-order valence-electron chi connectivity index (χ2n) is 9.32. The van der Waals surface area contributed by atoms with Crippen molar-refractivity contribution in [3.8, 4) is 11.5 Å². The van der Waals surface area contributed by atoms with Gasteiger partial charge in [0.25, 0.3) is 0 Å². The number of ether oxygens (including phenoxy) is 2. The van der Waals surface area contributed by atoms with Gasteiger partial charge in [-0.1, -0.05) is 12.8 Å².